The quantitative estimate of drug-likeness (QED) is 0.481. The molecule has 4 heteroatoms. The lowest BCUT2D eigenvalue weighted by Crippen LogP contribution is -2.52. The highest BCUT2D eigenvalue weighted by Crippen LogP contribution is 2.42. The zero-order valence-corrected chi connectivity index (χ0v) is 8.12. The van der Waals surface area contributed by atoms with Gasteiger partial charge in [0, 0.05) is 26.2 Å². The Kier molecular flexibility index (Phi) is 2.59. The van der Waals surface area contributed by atoms with Crippen molar-refractivity contribution in [3.8, 4) is 0 Å². The second-order valence-corrected chi connectivity index (χ2v) is 3.44. The van der Waals surface area contributed by atoms with Crippen molar-refractivity contribution < 1.29 is 19.1 Å². The van der Waals surface area contributed by atoms with Crippen LogP contribution < -0.4 is 0 Å². The molecule has 0 bridgehead atoms. The lowest BCUT2D eigenvalue weighted by molar-refractivity contribution is -0.276. The third kappa shape index (κ3) is 1.99. The molecule has 13 heavy (non-hydrogen) atoms. The molecule has 0 saturated heterocycles. The zero-order chi connectivity index (χ0) is 10.1. The van der Waals surface area contributed by atoms with Gasteiger partial charge in [-0.25, -0.2) is 0 Å². The molecule has 1 rings (SSSR count). The van der Waals surface area contributed by atoms with Crippen molar-refractivity contribution >= 4 is 11.9 Å². The second-order valence-electron chi connectivity index (χ2n) is 3.44. The minimum Gasteiger partial charge on any atom is -0.422 e. The van der Waals surface area contributed by atoms with Gasteiger partial charge in [0.25, 0.3) is 5.79 Å². The normalized spacial score (nSPS) is 24.4. The largest absolute Gasteiger partial charge is 0.422 e. The second kappa shape index (κ2) is 3.36. The maximum atomic E-state index is 10.8. The molecule has 0 heterocycles. The number of carbonyl (C=O) groups excluding carboxylic acids is 2. The number of ether oxygens (including phenoxy) is 2. The van der Waals surface area contributed by atoms with Gasteiger partial charge in [-0.2, -0.15) is 0 Å². The van der Waals surface area contributed by atoms with Crippen LogP contribution in [0.5, 0.6) is 0 Å². The third-order valence-corrected chi connectivity index (χ3v) is 2.31. The van der Waals surface area contributed by atoms with Crippen molar-refractivity contribution in [2.45, 2.75) is 39.4 Å². The van der Waals surface area contributed by atoms with E-state index in [0.29, 0.717) is 6.42 Å². The number of carbonyl (C=O) groups is 2. The highest BCUT2D eigenvalue weighted by atomic mass is 16.7. The van der Waals surface area contributed by atoms with Gasteiger partial charge in [0.2, 0.25) is 0 Å². The molecule has 0 aromatic carbocycles. The van der Waals surface area contributed by atoms with E-state index in [4.69, 9.17) is 9.47 Å². The van der Waals surface area contributed by atoms with E-state index in [2.05, 4.69) is 0 Å². The van der Waals surface area contributed by atoms with E-state index in [9.17, 15) is 9.59 Å². The Morgan fingerprint density at radius 1 is 1.23 bits per heavy atom. The molecule has 1 aliphatic rings. The number of hydrogen-bond donors (Lipinski definition) is 0. The van der Waals surface area contributed by atoms with Crippen LogP contribution in [0.15, 0.2) is 0 Å². The summed E-state index contributed by atoms with van der Waals surface area (Å²) in [5.41, 5.74) is 0. The van der Waals surface area contributed by atoms with Crippen molar-refractivity contribution in [2.24, 2.45) is 5.92 Å². The fourth-order valence-electron chi connectivity index (χ4n) is 1.48. The Morgan fingerprint density at radius 2 is 1.69 bits per heavy atom. The Balaban J connectivity index is 2.64. The van der Waals surface area contributed by atoms with Crippen molar-refractivity contribution in [2.75, 3.05) is 0 Å². The molecule has 1 atom stereocenters. The average molecular weight is 186 g/mol. The fraction of sp³-hybridized carbons (Fsp3) is 0.778. The van der Waals surface area contributed by atoms with Gasteiger partial charge in [0.05, 0.1) is 0 Å². The van der Waals surface area contributed by atoms with Crippen molar-refractivity contribution in [1.29, 1.82) is 0 Å². The van der Waals surface area contributed by atoms with E-state index in [1.54, 1.807) is 0 Å². The first-order chi connectivity index (χ1) is 5.96. The zero-order valence-electron chi connectivity index (χ0n) is 8.12. The topological polar surface area (TPSA) is 52.6 Å². The van der Waals surface area contributed by atoms with Gasteiger partial charge in [0.15, 0.2) is 0 Å². The molecule has 0 aromatic heterocycles. The molecular weight excluding hydrogens is 172 g/mol. The molecular formula is C9H14O4. The molecule has 0 N–H and O–H groups in total. The van der Waals surface area contributed by atoms with E-state index in [1.165, 1.54) is 13.8 Å². The predicted molar refractivity (Wildman–Crippen MR) is 44.7 cm³/mol. The van der Waals surface area contributed by atoms with Gasteiger partial charge in [-0.3, -0.25) is 9.59 Å². The number of esters is 2. The molecule has 1 unspecified atom stereocenters. The minimum absolute atomic E-state index is 0.0975. The van der Waals surface area contributed by atoms with E-state index >= 15 is 0 Å². The molecule has 4 nitrogen and oxygen atoms in total. The molecule has 0 radical (unpaired) electrons. The lowest BCUT2D eigenvalue weighted by atomic mass is 9.79. The Labute approximate surface area is 77.2 Å². The van der Waals surface area contributed by atoms with Gasteiger partial charge in [-0.05, 0) is 6.42 Å². The molecule has 1 aliphatic carbocycles. The minimum atomic E-state index is -0.975. The van der Waals surface area contributed by atoms with E-state index < -0.39 is 17.7 Å². The van der Waals surface area contributed by atoms with Gasteiger partial charge in [0.1, 0.15) is 0 Å². The summed E-state index contributed by atoms with van der Waals surface area (Å²) in [5, 5.41) is 0. The van der Waals surface area contributed by atoms with Crippen LogP contribution in [0.4, 0.5) is 0 Å². The van der Waals surface area contributed by atoms with Crippen molar-refractivity contribution in [3.63, 3.8) is 0 Å². The van der Waals surface area contributed by atoms with Gasteiger partial charge in [-0.15, -0.1) is 0 Å². The predicted octanol–water partition coefficient (Wildman–Crippen LogP) is 1.24. The highest BCUT2D eigenvalue weighted by molar-refractivity contribution is 5.69. The van der Waals surface area contributed by atoms with Crippen LogP contribution in [0, 0.1) is 5.92 Å². The van der Waals surface area contributed by atoms with Crippen LogP contribution in [0.1, 0.15) is 33.6 Å². The van der Waals surface area contributed by atoms with Crippen LogP contribution >= 0.6 is 0 Å². The van der Waals surface area contributed by atoms with Crippen LogP contribution in [-0.4, -0.2) is 17.7 Å². The summed E-state index contributed by atoms with van der Waals surface area (Å²) >= 11 is 0. The van der Waals surface area contributed by atoms with Crippen LogP contribution in [0.25, 0.3) is 0 Å². The fourth-order valence-corrected chi connectivity index (χ4v) is 1.48. The third-order valence-electron chi connectivity index (χ3n) is 2.31. The Morgan fingerprint density at radius 3 is 1.85 bits per heavy atom. The summed E-state index contributed by atoms with van der Waals surface area (Å²) in [6.45, 7) is 4.53. The van der Waals surface area contributed by atoms with Crippen LogP contribution in [0.2, 0.25) is 0 Å². The standard InChI is InChI=1S/C9H14O4/c1-6-4-5-9(6,12-7(2)10)13-8(3)11/h6H,4-5H2,1-3H3. The summed E-state index contributed by atoms with van der Waals surface area (Å²) in [6, 6.07) is 0. The monoisotopic (exact) mass is 186 g/mol. The maximum absolute atomic E-state index is 10.8. The molecule has 1 fully saturated rings. The van der Waals surface area contributed by atoms with Crippen molar-refractivity contribution in [1.82, 2.24) is 0 Å². The number of rotatable bonds is 2. The Hall–Kier alpha value is -1.06. The summed E-state index contributed by atoms with van der Waals surface area (Å²) < 4.78 is 10.0. The lowest BCUT2D eigenvalue weighted by Gasteiger charge is -2.44. The summed E-state index contributed by atoms with van der Waals surface area (Å²) in [6.07, 6.45) is 1.52. The van der Waals surface area contributed by atoms with Gasteiger partial charge < -0.3 is 9.47 Å². The first-order valence-corrected chi connectivity index (χ1v) is 4.35. The summed E-state index contributed by atoms with van der Waals surface area (Å²) in [4.78, 5) is 21.5. The van der Waals surface area contributed by atoms with E-state index in [1.807, 2.05) is 6.92 Å². The molecule has 0 aromatic rings. The molecule has 74 valence electrons. The highest BCUT2D eigenvalue weighted by Gasteiger charge is 2.50. The summed E-state index contributed by atoms with van der Waals surface area (Å²) in [7, 11) is 0. The summed E-state index contributed by atoms with van der Waals surface area (Å²) in [5.74, 6) is -1.70. The van der Waals surface area contributed by atoms with Crippen LogP contribution in [0.3, 0.4) is 0 Å². The molecule has 0 aliphatic heterocycles. The van der Waals surface area contributed by atoms with Crippen molar-refractivity contribution in [3.05, 3.63) is 0 Å². The molecule has 1 saturated carbocycles. The van der Waals surface area contributed by atoms with E-state index in [-0.39, 0.29) is 5.92 Å². The van der Waals surface area contributed by atoms with Gasteiger partial charge in [-0.1, -0.05) is 6.92 Å². The van der Waals surface area contributed by atoms with E-state index in [0.717, 1.165) is 6.42 Å². The first-order valence-electron chi connectivity index (χ1n) is 4.35. The smallest absolute Gasteiger partial charge is 0.305 e. The maximum Gasteiger partial charge on any atom is 0.305 e. The average Bonchev–Trinajstić information content (AvgIpc) is 1.99. The van der Waals surface area contributed by atoms with Crippen LogP contribution in [-0.2, 0) is 19.1 Å². The first kappa shape index (κ1) is 10.0. The number of hydrogen-bond acceptors (Lipinski definition) is 4. The molecule has 0 spiro atoms. The molecule has 0 amide bonds. The SMILES string of the molecule is CC(=O)OC1(OC(C)=O)CCC1C. The Bertz CT molecular complexity index is 218. The van der Waals surface area contributed by atoms with Gasteiger partial charge >= 0.3 is 11.9 Å².